The molecule has 0 amide bonds. The molecule has 0 unspecified atom stereocenters. The maximum atomic E-state index is 13.2. The van der Waals surface area contributed by atoms with Crippen molar-refractivity contribution in [1.82, 2.24) is 4.72 Å². The second-order valence-electron chi connectivity index (χ2n) is 7.14. The fourth-order valence-corrected chi connectivity index (χ4v) is 4.83. The van der Waals surface area contributed by atoms with Gasteiger partial charge in [0.15, 0.2) is 0 Å². The van der Waals surface area contributed by atoms with Gasteiger partial charge in [0.2, 0.25) is 10.0 Å². The number of rotatable bonds is 7. The Morgan fingerprint density at radius 2 is 1.79 bits per heavy atom. The Morgan fingerprint density at radius 3 is 2.45 bits per heavy atom. The zero-order chi connectivity index (χ0) is 20.9. The van der Waals surface area contributed by atoms with E-state index >= 15 is 0 Å². The van der Waals surface area contributed by atoms with Gasteiger partial charge in [-0.25, -0.2) is 13.2 Å². The summed E-state index contributed by atoms with van der Waals surface area (Å²) in [5.74, 6) is -0.684. The number of carbonyl (C=O) groups is 1. The van der Waals surface area contributed by atoms with Crippen molar-refractivity contribution >= 4 is 16.0 Å². The topological polar surface area (TPSA) is 86.1 Å². The van der Waals surface area contributed by atoms with Crippen LogP contribution in [0.3, 0.4) is 0 Å². The van der Waals surface area contributed by atoms with Crippen LogP contribution in [0.1, 0.15) is 27.5 Å². The van der Waals surface area contributed by atoms with E-state index in [1.807, 2.05) is 31.2 Å². The molecule has 0 spiro atoms. The van der Waals surface area contributed by atoms with Crippen LogP contribution in [0, 0.1) is 6.92 Å². The molecule has 2 aromatic carbocycles. The van der Waals surface area contributed by atoms with E-state index in [1.165, 1.54) is 24.1 Å². The van der Waals surface area contributed by atoms with E-state index in [-0.39, 0.29) is 10.5 Å². The summed E-state index contributed by atoms with van der Waals surface area (Å²) in [5, 5.41) is 0. The lowest BCUT2D eigenvalue weighted by molar-refractivity contribution is -0.909. The number of aryl methyl sites for hydroxylation is 1. The van der Waals surface area contributed by atoms with E-state index < -0.39 is 22.0 Å². The monoisotopic (exact) mass is 419 g/mol. The molecule has 0 bridgehead atoms. The van der Waals surface area contributed by atoms with Crippen LogP contribution >= 0.6 is 0 Å². The Hall–Kier alpha value is -2.26. The summed E-state index contributed by atoms with van der Waals surface area (Å²) in [6.07, 6.45) is 0. The molecule has 1 fully saturated rings. The number of sulfonamides is 1. The highest BCUT2D eigenvalue weighted by atomic mass is 32.2. The van der Waals surface area contributed by atoms with Gasteiger partial charge >= 0.3 is 5.97 Å². The number of morpholine rings is 1. The molecule has 8 heteroatoms. The molecule has 0 aromatic heterocycles. The number of benzene rings is 2. The summed E-state index contributed by atoms with van der Waals surface area (Å²) in [5.41, 5.74) is 2.00. The molecular weight excluding hydrogens is 392 g/mol. The summed E-state index contributed by atoms with van der Waals surface area (Å²) < 4.78 is 39.4. The SMILES string of the molecule is COC(=O)c1ccccc1S(=O)(=O)N[C@H](C[NH+]1CCOCC1)c1ccc(C)cc1. The van der Waals surface area contributed by atoms with E-state index in [2.05, 4.69) is 4.72 Å². The van der Waals surface area contributed by atoms with Crippen molar-refractivity contribution in [3.63, 3.8) is 0 Å². The molecule has 1 aliphatic rings. The highest BCUT2D eigenvalue weighted by molar-refractivity contribution is 7.89. The van der Waals surface area contributed by atoms with E-state index in [0.717, 1.165) is 24.2 Å². The summed E-state index contributed by atoms with van der Waals surface area (Å²) in [6.45, 7) is 5.54. The number of ether oxygens (including phenoxy) is 2. The lowest BCUT2D eigenvalue weighted by Gasteiger charge is -2.28. The third-order valence-electron chi connectivity index (χ3n) is 5.05. The largest absolute Gasteiger partial charge is 0.465 e. The van der Waals surface area contributed by atoms with Gasteiger partial charge in [0, 0.05) is 0 Å². The molecule has 7 nitrogen and oxygen atoms in total. The predicted molar refractivity (Wildman–Crippen MR) is 108 cm³/mol. The van der Waals surface area contributed by atoms with E-state index in [0.29, 0.717) is 19.8 Å². The van der Waals surface area contributed by atoms with Gasteiger partial charge in [-0.1, -0.05) is 42.0 Å². The van der Waals surface area contributed by atoms with Gasteiger partial charge in [-0.2, -0.15) is 4.72 Å². The second-order valence-corrected chi connectivity index (χ2v) is 8.82. The average Bonchev–Trinajstić information content (AvgIpc) is 2.74. The minimum Gasteiger partial charge on any atom is -0.465 e. The highest BCUT2D eigenvalue weighted by Gasteiger charge is 2.29. The van der Waals surface area contributed by atoms with Crippen LogP contribution in [0.15, 0.2) is 53.4 Å². The maximum Gasteiger partial charge on any atom is 0.339 e. The van der Waals surface area contributed by atoms with Gasteiger partial charge in [0.25, 0.3) is 0 Å². The predicted octanol–water partition coefficient (Wildman–Crippen LogP) is 0.716. The Bertz CT molecular complexity index is 938. The zero-order valence-corrected chi connectivity index (χ0v) is 17.5. The fraction of sp³-hybridized carbons (Fsp3) is 0.381. The molecule has 0 radical (unpaired) electrons. The van der Waals surface area contributed by atoms with Crippen LogP contribution in [0.2, 0.25) is 0 Å². The van der Waals surface area contributed by atoms with Crippen LogP contribution < -0.4 is 9.62 Å². The molecule has 29 heavy (non-hydrogen) atoms. The van der Waals surface area contributed by atoms with Crippen molar-refractivity contribution in [1.29, 1.82) is 0 Å². The van der Waals surface area contributed by atoms with E-state index in [9.17, 15) is 13.2 Å². The van der Waals surface area contributed by atoms with Crippen LogP contribution in [-0.2, 0) is 19.5 Å². The first-order valence-corrected chi connectivity index (χ1v) is 11.1. The zero-order valence-electron chi connectivity index (χ0n) is 16.7. The smallest absolute Gasteiger partial charge is 0.339 e. The molecule has 1 heterocycles. The van der Waals surface area contributed by atoms with Crippen LogP contribution in [-0.4, -0.2) is 54.3 Å². The lowest BCUT2D eigenvalue weighted by atomic mass is 10.1. The minimum absolute atomic E-state index is 0.0175. The summed E-state index contributed by atoms with van der Waals surface area (Å²) in [6, 6.07) is 13.5. The van der Waals surface area contributed by atoms with Gasteiger partial charge in [0.05, 0.1) is 43.4 Å². The van der Waals surface area contributed by atoms with Crippen molar-refractivity contribution in [2.24, 2.45) is 0 Å². The molecule has 2 aromatic rings. The van der Waals surface area contributed by atoms with Crippen LogP contribution in [0.25, 0.3) is 0 Å². The van der Waals surface area contributed by atoms with E-state index in [1.54, 1.807) is 12.1 Å². The molecule has 2 N–H and O–H groups in total. The summed E-state index contributed by atoms with van der Waals surface area (Å²) in [7, 11) is -2.72. The summed E-state index contributed by atoms with van der Waals surface area (Å²) >= 11 is 0. The molecule has 1 saturated heterocycles. The third-order valence-corrected chi connectivity index (χ3v) is 6.58. The highest BCUT2D eigenvalue weighted by Crippen LogP contribution is 2.20. The Morgan fingerprint density at radius 1 is 1.14 bits per heavy atom. The molecule has 3 rings (SSSR count). The number of nitrogens with one attached hydrogen (secondary N) is 2. The van der Waals surface area contributed by atoms with Crippen molar-refractivity contribution in [2.75, 3.05) is 40.0 Å². The average molecular weight is 420 g/mol. The molecule has 0 aliphatic carbocycles. The standard InChI is InChI=1S/C21H26N2O5S/c1-16-7-9-17(10-8-16)19(15-23-11-13-28-14-12-23)22-29(25,26)20-6-4-3-5-18(20)21(24)27-2/h3-10,19,22H,11-15H2,1-2H3/p+1/t19-/m1/s1. The van der Waals surface area contributed by atoms with Gasteiger partial charge in [0.1, 0.15) is 13.1 Å². The number of quaternary nitrogens is 1. The van der Waals surface area contributed by atoms with Crippen LogP contribution in [0.4, 0.5) is 0 Å². The Labute approximate surface area is 171 Å². The van der Waals surface area contributed by atoms with Gasteiger partial charge in [-0.3, -0.25) is 0 Å². The lowest BCUT2D eigenvalue weighted by Crippen LogP contribution is -3.14. The molecular formula is C21H27N2O5S+. The number of methoxy groups -OCH3 is 1. The second kappa shape index (κ2) is 9.49. The van der Waals surface area contributed by atoms with Crippen molar-refractivity contribution < 1.29 is 27.6 Å². The van der Waals surface area contributed by atoms with Gasteiger partial charge in [-0.15, -0.1) is 0 Å². The quantitative estimate of drug-likeness (QED) is 0.646. The molecule has 156 valence electrons. The molecule has 1 atom stereocenters. The van der Waals surface area contributed by atoms with Gasteiger partial charge in [-0.05, 0) is 24.6 Å². The first kappa shape index (κ1) is 21.4. The first-order chi connectivity index (χ1) is 13.9. The maximum absolute atomic E-state index is 13.2. The van der Waals surface area contributed by atoms with Crippen molar-refractivity contribution in [3.05, 3.63) is 65.2 Å². The minimum atomic E-state index is -3.95. The van der Waals surface area contributed by atoms with Gasteiger partial charge < -0.3 is 14.4 Å². The number of hydrogen-bond acceptors (Lipinski definition) is 5. The number of hydrogen-bond donors (Lipinski definition) is 2. The Balaban J connectivity index is 1.92. The molecule has 1 aliphatic heterocycles. The normalized spacial score (nSPS) is 16.3. The fourth-order valence-electron chi connectivity index (χ4n) is 3.41. The Kier molecular flexibility index (Phi) is 7.02. The number of carbonyl (C=O) groups excluding carboxylic acids is 1. The third kappa shape index (κ3) is 5.42. The van der Waals surface area contributed by atoms with Crippen molar-refractivity contribution in [3.8, 4) is 0 Å². The van der Waals surface area contributed by atoms with Crippen LogP contribution in [0.5, 0.6) is 0 Å². The first-order valence-electron chi connectivity index (χ1n) is 9.58. The van der Waals surface area contributed by atoms with E-state index in [4.69, 9.17) is 9.47 Å². The summed E-state index contributed by atoms with van der Waals surface area (Å²) in [4.78, 5) is 13.2. The number of esters is 1. The molecule has 0 saturated carbocycles. The van der Waals surface area contributed by atoms with Crippen molar-refractivity contribution in [2.45, 2.75) is 17.9 Å².